The monoisotopic (exact) mass is 545 g/mol. The SMILES string of the molecule is C[C@H](O)[C@@H](O)[C@@]1(O)C2CC(O)C1CC(S(=O)(=O)c1cc(C(=O)Nc3ccc(F)c(F)c3)ccc1Cl)C2. The van der Waals surface area contributed by atoms with Crippen molar-refractivity contribution in [3.8, 4) is 0 Å². The number of aliphatic hydroxyl groups excluding tert-OH is 3. The van der Waals surface area contributed by atoms with Gasteiger partial charge in [0, 0.05) is 23.2 Å². The Hall–Kier alpha value is -2.15. The fourth-order valence-corrected chi connectivity index (χ4v) is 7.88. The summed E-state index contributed by atoms with van der Waals surface area (Å²) < 4.78 is 53.8. The fourth-order valence-electron chi connectivity index (χ4n) is 5.50. The van der Waals surface area contributed by atoms with Gasteiger partial charge in [-0.25, -0.2) is 17.2 Å². The van der Waals surface area contributed by atoms with Gasteiger partial charge in [-0.15, -0.1) is 0 Å². The summed E-state index contributed by atoms with van der Waals surface area (Å²) in [7, 11) is -4.17. The molecule has 2 aliphatic carbocycles. The second kappa shape index (κ2) is 9.62. The number of carbonyl (C=O) groups excluding carboxylic acids is 1. The zero-order chi connectivity index (χ0) is 26.6. The number of rotatable bonds is 6. The highest BCUT2D eigenvalue weighted by Gasteiger charge is 2.63. The van der Waals surface area contributed by atoms with Crippen molar-refractivity contribution in [3.63, 3.8) is 0 Å². The van der Waals surface area contributed by atoms with Crippen molar-refractivity contribution in [2.45, 2.75) is 60.2 Å². The highest BCUT2D eigenvalue weighted by Crippen LogP contribution is 2.54. The number of hydrogen-bond acceptors (Lipinski definition) is 7. The molecule has 36 heavy (non-hydrogen) atoms. The van der Waals surface area contributed by atoms with Crippen LogP contribution in [0.3, 0.4) is 0 Å². The predicted octanol–water partition coefficient (Wildman–Crippen LogP) is 2.28. The molecule has 0 aliphatic heterocycles. The lowest BCUT2D eigenvalue weighted by atomic mass is 9.70. The number of anilines is 1. The molecule has 0 saturated heterocycles. The normalized spacial score (nSPS) is 29.6. The predicted molar refractivity (Wildman–Crippen MR) is 126 cm³/mol. The van der Waals surface area contributed by atoms with E-state index >= 15 is 0 Å². The molecule has 2 saturated carbocycles. The van der Waals surface area contributed by atoms with Crippen molar-refractivity contribution in [2.24, 2.45) is 11.8 Å². The molecular formula is C24H26ClF2NO7S. The molecule has 12 heteroatoms. The first kappa shape index (κ1) is 26.9. The molecular weight excluding hydrogens is 520 g/mol. The van der Waals surface area contributed by atoms with E-state index in [1.54, 1.807) is 0 Å². The lowest BCUT2D eigenvalue weighted by molar-refractivity contribution is -0.178. The van der Waals surface area contributed by atoms with Gasteiger partial charge in [0.2, 0.25) is 0 Å². The molecule has 2 bridgehead atoms. The van der Waals surface area contributed by atoms with Crippen LogP contribution in [0, 0.1) is 23.5 Å². The molecule has 2 aromatic carbocycles. The van der Waals surface area contributed by atoms with E-state index in [-0.39, 0.29) is 40.4 Å². The third-order valence-electron chi connectivity index (χ3n) is 7.35. The summed E-state index contributed by atoms with van der Waals surface area (Å²) in [4.78, 5) is 12.3. The van der Waals surface area contributed by atoms with Crippen LogP contribution in [0.5, 0.6) is 0 Å². The van der Waals surface area contributed by atoms with Crippen LogP contribution in [0.2, 0.25) is 5.02 Å². The lowest BCUT2D eigenvalue weighted by Crippen LogP contribution is -2.59. The quantitative estimate of drug-likeness (QED) is 0.374. The minimum atomic E-state index is -4.17. The molecule has 0 spiro atoms. The first-order valence-corrected chi connectivity index (χ1v) is 13.3. The van der Waals surface area contributed by atoms with Gasteiger partial charge in [0.05, 0.1) is 27.4 Å². The highest BCUT2D eigenvalue weighted by molar-refractivity contribution is 7.92. The van der Waals surface area contributed by atoms with E-state index < -0.39 is 68.4 Å². The van der Waals surface area contributed by atoms with Gasteiger partial charge in [0.1, 0.15) is 11.7 Å². The molecule has 8 nitrogen and oxygen atoms in total. The third kappa shape index (κ3) is 4.52. The van der Waals surface area contributed by atoms with Crippen molar-refractivity contribution in [1.29, 1.82) is 0 Å². The molecule has 4 unspecified atom stereocenters. The van der Waals surface area contributed by atoms with Gasteiger partial charge < -0.3 is 25.7 Å². The number of carbonyl (C=O) groups is 1. The van der Waals surface area contributed by atoms with Crippen LogP contribution in [0.1, 0.15) is 36.5 Å². The van der Waals surface area contributed by atoms with Crippen molar-refractivity contribution < 1.29 is 42.4 Å². The standard InChI is InChI=1S/C24H26ClF2NO7S/c1-11(29)22(31)24(33)13-7-15(10-16(24)20(30)8-13)36(34,35)21-6-12(2-4-17(21)25)23(32)28-14-3-5-18(26)19(27)9-14/h2-6,9,11,13,15-16,20,22,29-31,33H,7-8,10H2,1H3,(H,28,32)/t11-,13?,15?,16?,20?,22+,24+/m0/s1. The van der Waals surface area contributed by atoms with Gasteiger partial charge in [-0.3, -0.25) is 4.79 Å². The van der Waals surface area contributed by atoms with Gasteiger partial charge in [0.15, 0.2) is 21.5 Å². The summed E-state index contributed by atoms with van der Waals surface area (Å²) >= 11 is 6.19. The molecule has 0 heterocycles. The van der Waals surface area contributed by atoms with Gasteiger partial charge in [0.25, 0.3) is 5.91 Å². The van der Waals surface area contributed by atoms with Gasteiger partial charge in [-0.05, 0) is 62.4 Å². The van der Waals surface area contributed by atoms with Gasteiger partial charge in [-0.1, -0.05) is 11.6 Å². The lowest BCUT2D eigenvalue weighted by Gasteiger charge is -2.46. The van der Waals surface area contributed by atoms with Gasteiger partial charge >= 0.3 is 0 Å². The Morgan fingerprint density at radius 3 is 2.42 bits per heavy atom. The van der Waals surface area contributed by atoms with Crippen LogP contribution in [0.4, 0.5) is 14.5 Å². The summed E-state index contributed by atoms with van der Waals surface area (Å²) in [6.07, 6.45) is -4.17. The van der Waals surface area contributed by atoms with E-state index in [1.165, 1.54) is 19.1 Å². The molecule has 0 aromatic heterocycles. The molecule has 7 atom stereocenters. The smallest absolute Gasteiger partial charge is 0.255 e. The Bertz CT molecular complexity index is 1290. The van der Waals surface area contributed by atoms with E-state index in [0.717, 1.165) is 24.3 Å². The topological polar surface area (TPSA) is 144 Å². The zero-order valence-corrected chi connectivity index (χ0v) is 20.7. The third-order valence-corrected chi connectivity index (χ3v) is 10.0. The molecule has 1 amide bonds. The van der Waals surface area contributed by atoms with Crippen molar-refractivity contribution in [1.82, 2.24) is 0 Å². The molecule has 2 fully saturated rings. The number of sulfone groups is 1. The molecule has 5 N–H and O–H groups in total. The maximum absolute atomic E-state index is 13.6. The van der Waals surface area contributed by atoms with Crippen LogP contribution in [-0.2, 0) is 9.84 Å². The van der Waals surface area contributed by atoms with E-state index in [0.29, 0.717) is 0 Å². The fraction of sp³-hybridized carbons (Fsp3) is 0.458. The van der Waals surface area contributed by atoms with Crippen LogP contribution in [0.25, 0.3) is 0 Å². The first-order valence-electron chi connectivity index (χ1n) is 11.3. The van der Waals surface area contributed by atoms with Crippen LogP contribution < -0.4 is 5.32 Å². The van der Waals surface area contributed by atoms with Gasteiger partial charge in [-0.2, -0.15) is 0 Å². The second-order valence-corrected chi connectivity index (χ2v) is 12.1. The summed E-state index contributed by atoms with van der Waals surface area (Å²) in [5.74, 6) is -4.83. The minimum Gasteiger partial charge on any atom is -0.393 e. The molecule has 4 rings (SSSR count). The van der Waals surface area contributed by atoms with E-state index in [9.17, 15) is 42.4 Å². The molecule has 0 radical (unpaired) electrons. The number of aliphatic hydroxyl groups is 4. The highest BCUT2D eigenvalue weighted by atomic mass is 35.5. The number of hydrogen-bond donors (Lipinski definition) is 5. The second-order valence-electron chi connectivity index (χ2n) is 9.55. The largest absolute Gasteiger partial charge is 0.393 e. The van der Waals surface area contributed by atoms with E-state index in [1.807, 2.05) is 0 Å². The van der Waals surface area contributed by atoms with Crippen LogP contribution >= 0.6 is 11.6 Å². The summed E-state index contributed by atoms with van der Waals surface area (Å²) in [5, 5.41) is 43.1. The summed E-state index contributed by atoms with van der Waals surface area (Å²) in [5.41, 5.74) is -1.98. The van der Waals surface area contributed by atoms with E-state index in [2.05, 4.69) is 5.32 Å². The summed E-state index contributed by atoms with van der Waals surface area (Å²) in [6.45, 7) is 1.30. The molecule has 196 valence electrons. The Kier molecular flexibility index (Phi) is 7.19. The number of benzene rings is 2. The maximum atomic E-state index is 13.6. The molecule has 2 aromatic rings. The Morgan fingerprint density at radius 2 is 1.81 bits per heavy atom. The number of nitrogens with one attached hydrogen (secondary N) is 1. The number of halogens is 3. The Balaban J connectivity index is 1.61. The van der Waals surface area contributed by atoms with Crippen LogP contribution in [-0.4, -0.2) is 63.9 Å². The average molecular weight is 546 g/mol. The zero-order valence-electron chi connectivity index (χ0n) is 19.1. The van der Waals surface area contributed by atoms with Crippen molar-refractivity contribution in [2.75, 3.05) is 5.32 Å². The Morgan fingerprint density at radius 1 is 1.11 bits per heavy atom. The number of fused-ring (bicyclic) bond motifs is 2. The molecule has 2 aliphatic rings. The van der Waals surface area contributed by atoms with Crippen LogP contribution in [0.15, 0.2) is 41.3 Å². The average Bonchev–Trinajstić information content (AvgIpc) is 2.94. The minimum absolute atomic E-state index is 0.0351. The van der Waals surface area contributed by atoms with Crippen molar-refractivity contribution in [3.05, 3.63) is 58.6 Å². The number of amides is 1. The maximum Gasteiger partial charge on any atom is 0.255 e. The summed E-state index contributed by atoms with van der Waals surface area (Å²) in [6, 6.07) is 6.36. The van der Waals surface area contributed by atoms with E-state index in [4.69, 9.17) is 11.6 Å². The Labute approximate surface area is 211 Å². The first-order chi connectivity index (χ1) is 16.8. The van der Waals surface area contributed by atoms with Crippen molar-refractivity contribution >= 4 is 33.0 Å².